The number of rotatable bonds is 5. The first kappa shape index (κ1) is 21.6. The van der Waals surface area contributed by atoms with E-state index >= 15 is 0 Å². The number of pyridine rings is 1. The van der Waals surface area contributed by atoms with E-state index in [-0.39, 0.29) is 0 Å². The lowest BCUT2D eigenvalue weighted by Crippen LogP contribution is -1.92. The lowest BCUT2D eigenvalue weighted by Gasteiger charge is -2.11. The predicted octanol–water partition coefficient (Wildman–Crippen LogP) is 8.21. The average molecular weight is 462 g/mol. The second-order valence-electron chi connectivity index (χ2n) is 8.59. The summed E-state index contributed by atoms with van der Waals surface area (Å²) in [5.41, 5.74) is 9.69. The van der Waals surface area contributed by atoms with Gasteiger partial charge in [0.25, 0.3) is 0 Å². The minimum Gasteiger partial charge on any atom is -0.248 e. The number of aromatic nitrogens is 3. The quantitative estimate of drug-likeness (QED) is 0.260. The van der Waals surface area contributed by atoms with Crippen LogP contribution in [-0.2, 0) is 0 Å². The Balaban J connectivity index is 1.41. The number of benzene rings is 4. The summed E-state index contributed by atoms with van der Waals surface area (Å²) in [7, 11) is 0. The van der Waals surface area contributed by atoms with Crippen LogP contribution in [0.15, 0.2) is 140 Å². The fraction of sp³-hybridized carbons (Fsp3) is 0. The molecule has 0 unspecified atom stereocenters. The molecule has 0 fully saturated rings. The lowest BCUT2D eigenvalue weighted by atomic mass is 9.98. The van der Waals surface area contributed by atoms with Gasteiger partial charge in [-0.2, -0.15) is 0 Å². The Labute approximate surface area is 210 Å². The van der Waals surface area contributed by atoms with Gasteiger partial charge < -0.3 is 0 Å². The molecule has 0 aliphatic carbocycles. The Kier molecular flexibility index (Phi) is 5.87. The maximum absolute atomic E-state index is 5.07. The van der Waals surface area contributed by atoms with Gasteiger partial charge in [0.15, 0.2) is 5.82 Å². The van der Waals surface area contributed by atoms with Gasteiger partial charge >= 0.3 is 0 Å². The van der Waals surface area contributed by atoms with Crippen LogP contribution >= 0.6 is 0 Å². The van der Waals surface area contributed by atoms with Crippen LogP contribution in [0.25, 0.3) is 56.2 Å². The first-order chi connectivity index (χ1) is 17.8. The molecule has 4 aromatic carbocycles. The summed E-state index contributed by atoms with van der Waals surface area (Å²) in [6.07, 6.45) is 3.52. The van der Waals surface area contributed by atoms with Crippen LogP contribution in [0.4, 0.5) is 0 Å². The van der Waals surface area contributed by atoms with E-state index < -0.39 is 0 Å². The first-order valence-corrected chi connectivity index (χ1v) is 11.9. The van der Waals surface area contributed by atoms with E-state index in [1.54, 1.807) is 12.4 Å². The van der Waals surface area contributed by atoms with Gasteiger partial charge in [-0.3, -0.25) is 0 Å². The van der Waals surface area contributed by atoms with Gasteiger partial charge in [-0.1, -0.05) is 109 Å². The number of nitrogens with zero attached hydrogens (tertiary/aromatic N) is 3. The van der Waals surface area contributed by atoms with Crippen molar-refractivity contribution >= 4 is 0 Å². The molecule has 2 aromatic heterocycles. The molecular weight excluding hydrogens is 438 g/mol. The second kappa shape index (κ2) is 9.77. The molecule has 0 bridgehead atoms. The SMILES string of the molecule is c1ccc(-c2ccc(-c3cc(-c4ccccc4)cc(-c4ccc(-c5ncccn5)cc4)n3)cc2)cc1. The Bertz CT molecular complexity index is 1480. The molecular formula is C33H23N3. The van der Waals surface area contributed by atoms with E-state index in [0.29, 0.717) is 5.82 Å². The first-order valence-electron chi connectivity index (χ1n) is 11.9. The summed E-state index contributed by atoms with van der Waals surface area (Å²) >= 11 is 0. The highest BCUT2D eigenvalue weighted by Crippen LogP contribution is 2.32. The van der Waals surface area contributed by atoms with Crippen LogP contribution in [-0.4, -0.2) is 15.0 Å². The summed E-state index contributed by atoms with van der Waals surface area (Å²) < 4.78 is 0. The van der Waals surface area contributed by atoms with Gasteiger partial charge in [0.2, 0.25) is 0 Å². The maximum Gasteiger partial charge on any atom is 0.159 e. The fourth-order valence-electron chi connectivity index (χ4n) is 4.33. The summed E-state index contributed by atoms with van der Waals surface area (Å²) in [6, 6.07) is 43.9. The molecule has 2 heterocycles. The second-order valence-corrected chi connectivity index (χ2v) is 8.59. The van der Waals surface area contributed by atoms with Crippen molar-refractivity contribution in [2.45, 2.75) is 0 Å². The average Bonchev–Trinajstić information content (AvgIpc) is 2.98. The summed E-state index contributed by atoms with van der Waals surface area (Å²) in [5, 5.41) is 0. The zero-order valence-corrected chi connectivity index (χ0v) is 19.6. The van der Waals surface area contributed by atoms with E-state index in [2.05, 4.69) is 119 Å². The third-order valence-electron chi connectivity index (χ3n) is 6.22. The molecule has 170 valence electrons. The van der Waals surface area contributed by atoms with E-state index in [9.17, 15) is 0 Å². The predicted molar refractivity (Wildman–Crippen MR) is 147 cm³/mol. The number of hydrogen-bond donors (Lipinski definition) is 0. The van der Waals surface area contributed by atoms with Crippen molar-refractivity contribution in [3.05, 3.63) is 140 Å². The largest absolute Gasteiger partial charge is 0.248 e. The van der Waals surface area contributed by atoms with Crippen molar-refractivity contribution < 1.29 is 0 Å². The van der Waals surface area contributed by atoms with Gasteiger partial charge in [-0.05, 0) is 40.5 Å². The lowest BCUT2D eigenvalue weighted by molar-refractivity contribution is 1.18. The molecule has 36 heavy (non-hydrogen) atoms. The van der Waals surface area contributed by atoms with E-state index in [4.69, 9.17) is 4.98 Å². The molecule has 0 aliphatic rings. The van der Waals surface area contributed by atoms with Crippen molar-refractivity contribution in [3.8, 4) is 56.2 Å². The van der Waals surface area contributed by atoms with Crippen molar-refractivity contribution in [1.82, 2.24) is 15.0 Å². The van der Waals surface area contributed by atoms with Crippen LogP contribution in [0.1, 0.15) is 0 Å². The van der Waals surface area contributed by atoms with Crippen molar-refractivity contribution in [2.24, 2.45) is 0 Å². The minimum atomic E-state index is 0.717. The maximum atomic E-state index is 5.07. The van der Waals surface area contributed by atoms with Gasteiger partial charge in [0.05, 0.1) is 11.4 Å². The molecule has 3 heteroatoms. The smallest absolute Gasteiger partial charge is 0.159 e. The monoisotopic (exact) mass is 461 g/mol. The molecule has 0 atom stereocenters. The van der Waals surface area contributed by atoms with E-state index in [1.807, 2.05) is 18.2 Å². The molecule has 0 saturated carbocycles. The molecule has 0 amide bonds. The summed E-state index contributed by atoms with van der Waals surface area (Å²) in [6.45, 7) is 0. The Morgan fingerprint density at radius 1 is 0.333 bits per heavy atom. The van der Waals surface area contributed by atoms with Crippen LogP contribution in [0.5, 0.6) is 0 Å². The molecule has 0 saturated heterocycles. The Morgan fingerprint density at radius 2 is 0.750 bits per heavy atom. The minimum absolute atomic E-state index is 0.717. The van der Waals surface area contributed by atoms with Gasteiger partial charge in [0.1, 0.15) is 0 Å². The van der Waals surface area contributed by atoms with Crippen molar-refractivity contribution in [1.29, 1.82) is 0 Å². The summed E-state index contributed by atoms with van der Waals surface area (Å²) in [4.78, 5) is 13.8. The molecule has 6 rings (SSSR count). The molecule has 3 nitrogen and oxygen atoms in total. The van der Waals surface area contributed by atoms with Gasteiger partial charge in [-0.15, -0.1) is 0 Å². The highest BCUT2D eigenvalue weighted by Gasteiger charge is 2.10. The molecule has 0 N–H and O–H groups in total. The van der Waals surface area contributed by atoms with E-state index in [0.717, 1.165) is 39.2 Å². The topological polar surface area (TPSA) is 38.7 Å². The number of hydrogen-bond acceptors (Lipinski definition) is 3. The van der Waals surface area contributed by atoms with Crippen LogP contribution < -0.4 is 0 Å². The van der Waals surface area contributed by atoms with Gasteiger partial charge in [-0.25, -0.2) is 15.0 Å². The molecule has 0 aliphatic heterocycles. The zero-order valence-electron chi connectivity index (χ0n) is 19.6. The van der Waals surface area contributed by atoms with E-state index in [1.165, 1.54) is 11.1 Å². The third kappa shape index (κ3) is 4.55. The molecule has 0 spiro atoms. The molecule has 0 radical (unpaired) electrons. The normalized spacial score (nSPS) is 10.8. The fourth-order valence-corrected chi connectivity index (χ4v) is 4.33. The molecule has 6 aromatic rings. The van der Waals surface area contributed by atoms with Crippen LogP contribution in [0.3, 0.4) is 0 Å². The van der Waals surface area contributed by atoms with Crippen LogP contribution in [0, 0.1) is 0 Å². The highest BCUT2D eigenvalue weighted by molar-refractivity contribution is 5.78. The van der Waals surface area contributed by atoms with Crippen molar-refractivity contribution in [3.63, 3.8) is 0 Å². The third-order valence-corrected chi connectivity index (χ3v) is 6.22. The standard InChI is InChI=1S/C33H23N3/c1-3-8-24(9-4-1)26-12-14-27(15-13-26)31-22-30(25-10-5-2-6-11-25)23-32(36-31)28-16-18-29(19-17-28)33-34-20-7-21-35-33/h1-23H. The van der Waals surface area contributed by atoms with Gasteiger partial charge in [0, 0.05) is 29.1 Å². The highest BCUT2D eigenvalue weighted by atomic mass is 14.8. The van der Waals surface area contributed by atoms with Crippen LogP contribution in [0.2, 0.25) is 0 Å². The summed E-state index contributed by atoms with van der Waals surface area (Å²) in [5.74, 6) is 0.717. The Hall–Kier alpha value is -4.89. The van der Waals surface area contributed by atoms with Crippen molar-refractivity contribution in [2.75, 3.05) is 0 Å². The Morgan fingerprint density at radius 3 is 1.28 bits per heavy atom. The zero-order chi connectivity index (χ0) is 24.2.